The van der Waals surface area contributed by atoms with Gasteiger partial charge in [-0.15, -0.1) is 0 Å². The highest BCUT2D eigenvalue weighted by molar-refractivity contribution is 4.88. The van der Waals surface area contributed by atoms with E-state index in [1.54, 1.807) is 0 Å². The molecule has 0 aromatic carbocycles. The van der Waals surface area contributed by atoms with E-state index >= 15 is 0 Å². The Morgan fingerprint density at radius 3 is 2.00 bits per heavy atom. The number of rotatable bonds is 2. The number of nitrogens with one attached hydrogen (secondary N) is 3. The first kappa shape index (κ1) is 14.9. The van der Waals surface area contributed by atoms with Crippen molar-refractivity contribution < 1.29 is 0 Å². The van der Waals surface area contributed by atoms with Gasteiger partial charge >= 0.3 is 0 Å². The Balaban J connectivity index is 0.000000202. The standard InChI is InChI=1S/C8H19N3.C4H10N2/c1-8(2)7-10-4-6-11(8)5-3-9;1-2-6-4-3-5-1/h10H,3-7,9H2,1-2H3;5-6H,1-4H2. The van der Waals surface area contributed by atoms with Gasteiger partial charge in [0.15, 0.2) is 0 Å². The zero-order chi connectivity index (χ0) is 12.6. The summed E-state index contributed by atoms with van der Waals surface area (Å²) in [4.78, 5) is 2.45. The number of nitrogens with zero attached hydrogens (tertiary/aromatic N) is 1. The van der Waals surface area contributed by atoms with E-state index in [2.05, 4.69) is 34.7 Å². The van der Waals surface area contributed by atoms with Gasteiger partial charge in [0.25, 0.3) is 0 Å². The van der Waals surface area contributed by atoms with Crippen LogP contribution in [0.3, 0.4) is 0 Å². The van der Waals surface area contributed by atoms with E-state index in [1.807, 2.05) is 0 Å². The summed E-state index contributed by atoms with van der Waals surface area (Å²) < 4.78 is 0. The minimum atomic E-state index is 0.289. The van der Waals surface area contributed by atoms with E-state index in [4.69, 9.17) is 5.73 Å². The molecule has 0 spiro atoms. The third-order valence-corrected chi connectivity index (χ3v) is 3.33. The summed E-state index contributed by atoms with van der Waals surface area (Å²) >= 11 is 0. The molecule has 0 saturated carbocycles. The average molecular weight is 243 g/mol. The van der Waals surface area contributed by atoms with Crippen molar-refractivity contribution in [3.05, 3.63) is 0 Å². The monoisotopic (exact) mass is 243 g/mol. The third kappa shape index (κ3) is 5.79. The zero-order valence-corrected chi connectivity index (χ0v) is 11.4. The first-order valence-corrected chi connectivity index (χ1v) is 6.74. The fourth-order valence-corrected chi connectivity index (χ4v) is 2.20. The molecule has 0 aromatic heterocycles. The molecule has 17 heavy (non-hydrogen) atoms. The van der Waals surface area contributed by atoms with Gasteiger partial charge in [-0.2, -0.15) is 0 Å². The van der Waals surface area contributed by atoms with E-state index in [0.29, 0.717) is 0 Å². The molecule has 0 aromatic rings. The molecule has 2 heterocycles. The van der Waals surface area contributed by atoms with Gasteiger partial charge in [-0.3, -0.25) is 4.90 Å². The highest BCUT2D eigenvalue weighted by atomic mass is 15.2. The molecule has 2 aliphatic rings. The van der Waals surface area contributed by atoms with Gasteiger partial charge < -0.3 is 21.7 Å². The first-order chi connectivity index (χ1) is 8.17. The lowest BCUT2D eigenvalue weighted by Gasteiger charge is -2.42. The van der Waals surface area contributed by atoms with E-state index in [9.17, 15) is 0 Å². The summed E-state index contributed by atoms with van der Waals surface area (Å²) in [5, 5.41) is 9.83. The van der Waals surface area contributed by atoms with Gasteiger partial charge in [0, 0.05) is 64.4 Å². The Morgan fingerprint density at radius 2 is 1.59 bits per heavy atom. The van der Waals surface area contributed by atoms with Crippen molar-refractivity contribution in [2.45, 2.75) is 19.4 Å². The molecule has 0 bridgehead atoms. The van der Waals surface area contributed by atoms with Crippen molar-refractivity contribution in [3.63, 3.8) is 0 Å². The van der Waals surface area contributed by atoms with Crippen molar-refractivity contribution >= 4 is 0 Å². The molecule has 5 heteroatoms. The molecule has 2 fully saturated rings. The van der Waals surface area contributed by atoms with Gasteiger partial charge in [0.2, 0.25) is 0 Å². The van der Waals surface area contributed by atoms with Crippen LogP contribution in [0.15, 0.2) is 0 Å². The summed E-state index contributed by atoms with van der Waals surface area (Å²) in [5.74, 6) is 0. The summed E-state index contributed by atoms with van der Waals surface area (Å²) in [6.45, 7) is 14.2. The quantitative estimate of drug-likeness (QED) is 0.491. The predicted octanol–water partition coefficient (Wildman–Crippen LogP) is -1.19. The topological polar surface area (TPSA) is 65.3 Å². The Hall–Kier alpha value is -0.200. The largest absolute Gasteiger partial charge is 0.329 e. The van der Waals surface area contributed by atoms with Gasteiger partial charge in [0.1, 0.15) is 0 Å². The highest BCUT2D eigenvalue weighted by Gasteiger charge is 2.28. The molecular formula is C12H29N5. The zero-order valence-electron chi connectivity index (χ0n) is 11.4. The van der Waals surface area contributed by atoms with Crippen LogP contribution in [0.1, 0.15) is 13.8 Å². The average Bonchev–Trinajstić information content (AvgIpc) is 2.35. The fraction of sp³-hybridized carbons (Fsp3) is 1.00. The maximum absolute atomic E-state index is 5.52. The van der Waals surface area contributed by atoms with Gasteiger partial charge in [-0.1, -0.05) is 0 Å². The minimum Gasteiger partial charge on any atom is -0.329 e. The molecule has 2 aliphatic heterocycles. The summed E-state index contributed by atoms with van der Waals surface area (Å²) in [5.41, 5.74) is 5.81. The fourth-order valence-electron chi connectivity index (χ4n) is 2.20. The van der Waals surface area contributed by atoms with Crippen LogP contribution in [0.4, 0.5) is 0 Å². The number of piperazine rings is 2. The van der Waals surface area contributed by atoms with E-state index in [0.717, 1.165) is 58.9 Å². The van der Waals surface area contributed by atoms with Gasteiger partial charge in [0.05, 0.1) is 0 Å². The first-order valence-electron chi connectivity index (χ1n) is 6.74. The molecule has 0 aliphatic carbocycles. The molecule has 102 valence electrons. The smallest absolute Gasteiger partial charge is 0.0278 e. The summed E-state index contributed by atoms with van der Waals surface area (Å²) in [6.07, 6.45) is 0. The Kier molecular flexibility index (Phi) is 6.99. The van der Waals surface area contributed by atoms with E-state index < -0.39 is 0 Å². The minimum absolute atomic E-state index is 0.289. The van der Waals surface area contributed by atoms with Crippen molar-refractivity contribution in [1.82, 2.24) is 20.9 Å². The second kappa shape index (κ2) is 8.00. The maximum Gasteiger partial charge on any atom is 0.0278 e. The van der Waals surface area contributed by atoms with E-state index in [1.165, 1.54) is 0 Å². The Bertz CT molecular complexity index is 178. The number of hydrogen-bond acceptors (Lipinski definition) is 5. The lowest BCUT2D eigenvalue weighted by molar-refractivity contribution is 0.0944. The second-order valence-corrected chi connectivity index (χ2v) is 5.26. The van der Waals surface area contributed by atoms with Crippen LogP contribution in [-0.4, -0.2) is 69.3 Å². The van der Waals surface area contributed by atoms with E-state index in [-0.39, 0.29) is 5.54 Å². The van der Waals surface area contributed by atoms with Crippen LogP contribution in [0.2, 0.25) is 0 Å². The van der Waals surface area contributed by atoms with Gasteiger partial charge in [-0.25, -0.2) is 0 Å². The normalized spacial score (nSPS) is 24.9. The SMILES string of the molecule is C1CNCCN1.CC1(C)CNCCN1CCN. The number of hydrogen-bond donors (Lipinski definition) is 4. The van der Waals surface area contributed by atoms with Crippen molar-refractivity contribution in [3.8, 4) is 0 Å². The molecule has 2 saturated heterocycles. The molecule has 0 unspecified atom stereocenters. The van der Waals surface area contributed by atoms with Crippen LogP contribution in [-0.2, 0) is 0 Å². The van der Waals surface area contributed by atoms with Crippen molar-refractivity contribution in [2.75, 3.05) is 58.9 Å². The number of nitrogens with two attached hydrogens (primary N) is 1. The van der Waals surface area contributed by atoms with Gasteiger partial charge in [-0.05, 0) is 13.8 Å². The van der Waals surface area contributed by atoms with Crippen LogP contribution in [0.25, 0.3) is 0 Å². The molecule has 5 nitrogen and oxygen atoms in total. The second-order valence-electron chi connectivity index (χ2n) is 5.26. The third-order valence-electron chi connectivity index (χ3n) is 3.33. The maximum atomic E-state index is 5.52. The highest BCUT2D eigenvalue weighted by Crippen LogP contribution is 2.14. The summed E-state index contributed by atoms with van der Waals surface area (Å²) in [7, 11) is 0. The van der Waals surface area contributed by atoms with Crippen LogP contribution in [0.5, 0.6) is 0 Å². The van der Waals surface area contributed by atoms with Crippen molar-refractivity contribution in [2.24, 2.45) is 5.73 Å². The molecule has 0 atom stereocenters. The summed E-state index contributed by atoms with van der Waals surface area (Å²) in [6, 6.07) is 0. The lowest BCUT2D eigenvalue weighted by Crippen LogP contribution is -2.58. The molecule has 0 amide bonds. The lowest BCUT2D eigenvalue weighted by atomic mass is 10.0. The molecule has 2 rings (SSSR count). The predicted molar refractivity (Wildman–Crippen MR) is 73.3 cm³/mol. The molecule has 0 radical (unpaired) electrons. The Labute approximate surface area is 105 Å². The van der Waals surface area contributed by atoms with Crippen LogP contribution in [0, 0.1) is 0 Å². The van der Waals surface area contributed by atoms with Crippen LogP contribution < -0.4 is 21.7 Å². The van der Waals surface area contributed by atoms with Crippen LogP contribution >= 0.6 is 0 Å². The molecule has 5 N–H and O–H groups in total. The molecular weight excluding hydrogens is 214 g/mol. The van der Waals surface area contributed by atoms with Crippen molar-refractivity contribution in [1.29, 1.82) is 0 Å². The Morgan fingerprint density at radius 1 is 1.00 bits per heavy atom.